The molecule has 13 heteroatoms. The van der Waals surface area contributed by atoms with E-state index < -0.39 is 17.5 Å². The van der Waals surface area contributed by atoms with Crippen LogP contribution in [-0.4, -0.2) is 58.7 Å². The van der Waals surface area contributed by atoms with Gasteiger partial charge in [0.05, 0.1) is 18.0 Å². The number of benzene rings is 2. The number of rotatable bonds is 7. The lowest BCUT2D eigenvalue weighted by molar-refractivity contribution is 0.200. The summed E-state index contributed by atoms with van der Waals surface area (Å²) < 4.78 is 23.0. The second-order valence-corrected chi connectivity index (χ2v) is 10.4. The van der Waals surface area contributed by atoms with Crippen molar-refractivity contribution in [3.8, 4) is 23.1 Å². The molecule has 0 bridgehead atoms. The monoisotopic (exact) mass is 562 g/mol. The number of hydrogen-bond acceptors (Lipinski definition) is 10. The molecule has 0 saturated carbocycles. The minimum absolute atomic E-state index is 0.0405. The van der Waals surface area contributed by atoms with E-state index in [0.29, 0.717) is 38.8 Å². The van der Waals surface area contributed by atoms with Crippen LogP contribution in [0.25, 0.3) is 10.9 Å². The van der Waals surface area contributed by atoms with Crippen molar-refractivity contribution < 1.29 is 33.4 Å². The number of ether oxygens (including phenoxy) is 3. The number of amides is 3. The van der Waals surface area contributed by atoms with Crippen LogP contribution >= 0.6 is 0 Å². The first kappa shape index (κ1) is 27.6. The Kier molecular flexibility index (Phi) is 7.62. The van der Waals surface area contributed by atoms with Crippen LogP contribution in [0.15, 0.2) is 53.3 Å². The van der Waals surface area contributed by atoms with Crippen LogP contribution in [0, 0.1) is 0 Å². The fraction of sp³-hybridized carbons (Fsp3) is 0.321. The summed E-state index contributed by atoms with van der Waals surface area (Å²) in [5, 5.41) is 19.9. The summed E-state index contributed by atoms with van der Waals surface area (Å²) in [4.78, 5) is 34.0. The highest BCUT2D eigenvalue weighted by atomic mass is 16.5. The maximum Gasteiger partial charge on any atom is 0.421 e. The molecule has 1 fully saturated rings. The number of hydrogen-bond donors (Lipinski definition) is 3. The van der Waals surface area contributed by atoms with E-state index in [0.717, 1.165) is 19.5 Å². The molecule has 2 aromatic carbocycles. The zero-order valence-corrected chi connectivity index (χ0v) is 23.0. The van der Waals surface area contributed by atoms with Crippen molar-refractivity contribution in [3.63, 3.8) is 0 Å². The number of carbonyl (C=O) groups excluding carboxylic acids is 1. The number of fused-ring (bicyclic) bond motifs is 1. The second-order valence-electron chi connectivity index (χ2n) is 10.4. The van der Waals surface area contributed by atoms with Gasteiger partial charge in [0.25, 0.3) is 0 Å². The van der Waals surface area contributed by atoms with Crippen LogP contribution in [0.1, 0.15) is 33.0 Å². The molecule has 0 spiro atoms. The van der Waals surface area contributed by atoms with Gasteiger partial charge >= 0.3 is 12.1 Å². The van der Waals surface area contributed by atoms with Crippen molar-refractivity contribution in [1.82, 2.24) is 20.4 Å². The number of nitrogens with one attached hydrogen (secondary N) is 2. The summed E-state index contributed by atoms with van der Waals surface area (Å²) in [6, 6.07) is 10.5. The van der Waals surface area contributed by atoms with Crippen molar-refractivity contribution in [2.24, 2.45) is 0 Å². The van der Waals surface area contributed by atoms with Crippen LogP contribution in [0.2, 0.25) is 0 Å². The Morgan fingerprint density at radius 3 is 2.66 bits per heavy atom. The average molecular weight is 563 g/mol. The van der Waals surface area contributed by atoms with E-state index in [1.54, 1.807) is 37.4 Å². The van der Waals surface area contributed by atoms with Gasteiger partial charge in [-0.1, -0.05) is 32.0 Å². The third-order valence-electron chi connectivity index (χ3n) is 6.35. The highest BCUT2D eigenvalue weighted by Crippen LogP contribution is 2.37. The third-order valence-corrected chi connectivity index (χ3v) is 6.35. The average Bonchev–Trinajstić information content (AvgIpc) is 3.61. The van der Waals surface area contributed by atoms with E-state index in [9.17, 15) is 14.7 Å². The minimum Gasteiger partial charge on any atom is -0.493 e. The van der Waals surface area contributed by atoms with E-state index in [1.807, 2.05) is 20.8 Å². The van der Waals surface area contributed by atoms with E-state index in [2.05, 4.69) is 25.8 Å². The van der Waals surface area contributed by atoms with Crippen molar-refractivity contribution in [2.75, 3.05) is 30.4 Å². The number of methoxy groups -OCH3 is 1. The number of imide groups is 1. The van der Waals surface area contributed by atoms with Crippen molar-refractivity contribution in [2.45, 2.75) is 38.7 Å². The molecule has 3 heterocycles. The third kappa shape index (κ3) is 6.14. The van der Waals surface area contributed by atoms with Crippen LogP contribution in [0.3, 0.4) is 0 Å². The van der Waals surface area contributed by atoms with Gasteiger partial charge in [0.1, 0.15) is 23.9 Å². The molecule has 214 valence electrons. The molecule has 2 aromatic heterocycles. The predicted molar refractivity (Wildman–Crippen MR) is 149 cm³/mol. The van der Waals surface area contributed by atoms with Crippen LogP contribution in [0.4, 0.5) is 21.1 Å². The molecular formula is C28H30N6O7. The Bertz CT molecular complexity index is 1580. The summed E-state index contributed by atoms with van der Waals surface area (Å²) >= 11 is 0. The van der Waals surface area contributed by atoms with Crippen LogP contribution in [0.5, 0.6) is 23.1 Å². The van der Waals surface area contributed by atoms with Gasteiger partial charge in [-0.25, -0.2) is 19.6 Å². The number of carboxylic acid groups (broad SMARTS) is 1. The number of urea groups is 1. The lowest BCUT2D eigenvalue weighted by Crippen LogP contribution is -2.39. The maximum absolute atomic E-state index is 12.9. The molecule has 0 radical (unpaired) electrons. The molecule has 41 heavy (non-hydrogen) atoms. The molecule has 1 aliphatic heterocycles. The highest BCUT2D eigenvalue weighted by Gasteiger charge is 2.29. The molecule has 5 rings (SSSR count). The Morgan fingerprint density at radius 2 is 1.98 bits per heavy atom. The Hall–Kier alpha value is -4.91. The summed E-state index contributed by atoms with van der Waals surface area (Å²) in [6.07, 6.45) is 0.800. The van der Waals surface area contributed by atoms with Crippen molar-refractivity contribution in [1.29, 1.82) is 0 Å². The van der Waals surface area contributed by atoms with Gasteiger partial charge in [0.2, 0.25) is 5.88 Å². The van der Waals surface area contributed by atoms with Gasteiger partial charge < -0.3 is 34.5 Å². The maximum atomic E-state index is 12.9. The fourth-order valence-electron chi connectivity index (χ4n) is 4.22. The van der Waals surface area contributed by atoms with E-state index in [1.165, 1.54) is 18.5 Å². The van der Waals surface area contributed by atoms with Crippen LogP contribution < -0.4 is 29.7 Å². The fourth-order valence-corrected chi connectivity index (χ4v) is 4.22. The largest absolute Gasteiger partial charge is 0.493 e. The first-order valence-electron chi connectivity index (χ1n) is 12.9. The topological polar surface area (TPSA) is 161 Å². The van der Waals surface area contributed by atoms with E-state index in [4.69, 9.17) is 18.7 Å². The summed E-state index contributed by atoms with van der Waals surface area (Å²) in [5.41, 5.74) is 0.463. The molecule has 13 nitrogen and oxygen atoms in total. The Balaban J connectivity index is 1.36. The lowest BCUT2D eigenvalue weighted by atomic mass is 9.93. The normalized spacial score (nSPS) is 15.0. The van der Waals surface area contributed by atoms with Gasteiger partial charge in [-0.05, 0) is 31.2 Å². The molecular weight excluding hydrogens is 532 g/mol. The number of aromatic nitrogens is 3. The first-order chi connectivity index (χ1) is 19.6. The Labute approximate surface area is 235 Å². The van der Waals surface area contributed by atoms with E-state index >= 15 is 0 Å². The van der Waals surface area contributed by atoms with Crippen LogP contribution in [-0.2, 0) is 5.41 Å². The van der Waals surface area contributed by atoms with E-state index in [-0.39, 0.29) is 23.5 Å². The number of nitrogens with zero attached hydrogens (tertiary/aromatic N) is 4. The molecule has 1 saturated heterocycles. The lowest BCUT2D eigenvalue weighted by Gasteiger charge is -2.17. The number of anilines is 2. The van der Waals surface area contributed by atoms with Gasteiger partial charge in [-0.15, -0.1) is 0 Å². The predicted octanol–water partition coefficient (Wildman–Crippen LogP) is 5.17. The highest BCUT2D eigenvalue weighted by molar-refractivity contribution is 6.15. The zero-order chi connectivity index (χ0) is 29.1. The standard InChI is InChI=1S/C28H30N6O7/c1-28(2,3)23-13-24(33-41-23)34(27(36)37)26(35)32-16-6-5-7-17(10-16)40-25-19-11-21(38-4)22(12-20(19)30-15-31-25)39-18-8-9-29-14-18/h5-7,10-13,15,18,29H,8-9,14H2,1-4H3,(H,32,35)(H,36,37). The first-order valence-corrected chi connectivity index (χ1v) is 12.9. The van der Waals surface area contributed by atoms with Gasteiger partial charge in [-0.2, -0.15) is 4.90 Å². The molecule has 4 aromatic rings. The minimum atomic E-state index is -1.52. The summed E-state index contributed by atoms with van der Waals surface area (Å²) in [5.74, 6) is 1.98. The number of carbonyl (C=O) groups is 2. The molecule has 1 aliphatic rings. The Morgan fingerprint density at radius 1 is 1.15 bits per heavy atom. The SMILES string of the molecule is COc1cc2c(Oc3cccc(NC(=O)N(C(=O)O)c4cc(C(C)(C)C)on4)c3)ncnc2cc1OC1CCNC1. The van der Waals surface area contributed by atoms with Gasteiger partial charge in [0.15, 0.2) is 17.3 Å². The molecule has 1 atom stereocenters. The summed E-state index contributed by atoms with van der Waals surface area (Å²) in [6.45, 7) is 7.29. The van der Waals surface area contributed by atoms with Gasteiger partial charge in [0, 0.05) is 35.8 Å². The molecule has 3 N–H and O–H groups in total. The van der Waals surface area contributed by atoms with Crippen molar-refractivity contribution >= 4 is 34.5 Å². The molecule has 1 unspecified atom stereocenters. The smallest absolute Gasteiger partial charge is 0.421 e. The molecule has 0 aliphatic carbocycles. The second kappa shape index (κ2) is 11.3. The van der Waals surface area contributed by atoms with Crippen molar-refractivity contribution in [3.05, 3.63) is 54.6 Å². The molecule has 3 amide bonds. The summed E-state index contributed by atoms with van der Waals surface area (Å²) in [7, 11) is 1.56. The zero-order valence-electron chi connectivity index (χ0n) is 23.0. The quantitative estimate of drug-likeness (QED) is 0.272. The van der Waals surface area contributed by atoms with Gasteiger partial charge in [-0.3, -0.25) is 0 Å².